The number of nitrogens with one attached hydrogen (secondary N) is 1. The summed E-state index contributed by atoms with van der Waals surface area (Å²) in [5.41, 5.74) is 0.951. The minimum atomic E-state index is -4.37. The van der Waals surface area contributed by atoms with Crippen molar-refractivity contribution in [3.8, 4) is 0 Å². The van der Waals surface area contributed by atoms with Crippen molar-refractivity contribution < 1.29 is 17.6 Å². The van der Waals surface area contributed by atoms with Gasteiger partial charge in [-0.3, -0.25) is 4.79 Å². The molecular weight excluding hydrogens is 356 g/mol. The lowest BCUT2D eigenvalue weighted by molar-refractivity contribution is -0.157. The Labute approximate surface area is 149 Å². The van der Waals surface area contributed by atoms with Crippen molar-refractivity contribution >= 4 is 12.6 Å². The predicted octanol–water partition coefficient (Wildman–Crippen LogP) is 4.02. The summed E-state index contributed by atoms with van der Waals surface area (Å²) in [5.74, 6) is -0.545. The molecule has 1 aromatic carbocycles. The molecule has 0 aliphatic rings. The van der Waals surface area contributed by atoms with E-state index in [1.54, 1.807) is 26.2 Å². The van der Waals surface area contributed by atoms with Crippen LogP contribution in [0.4, 0.5) is 17.6 Å². The number of alkyl halides is 3. The molecule has 0 amide bonds. The molecule has 0 aliphatic carbocycles. The topological polar surface area (TPSA) is 34.0 Å². The second-order valence-corrected chi connectivity index (χ2v) is 5.86. The molecule has 1 atom stereocenters. The number of nitrogens with zero attached hydrogens (tertiary/aromatic N) is 1. The van der Waals surface area contributed by atoms with Gasteiger partial charge in [0.15, 0.2) is 0 Å². The lowest BCUT2D eigenvalue weighted by atomic mass is 10.1. The third-order valence-corrected chi connectivity index (χ3v) is 3.81. The van der Waals surface area contributed by atoms with Crippen LogP contribution in [-0.4, -0.2) is 17.3 Å². The standard InChI is InChI=1S/C10H11F4N.C7H9NOS/c1-2-15-9(10(12,13)14)7-3-5-8(11)6-4-7;1-5-3-7(9)8(2)4-6(5)10/h3-6,9,15H,2H2,1H3;3-4,10H,1-2H3/t9-;/m1./s1. The van der Waals surface area contributed by atoms with E-state index >= 15 is 0 Å². The van der Waals surface area contributed by atoms with Gasteiger partial charge >= 0.3 is 6.18 Å². The Morgan fingerprint density at radius 1 is 1.24 bits per heavy atom. The van der Waals surface area contributed by atoms with E-state index in [2.05, 4.69) is 17.9 Å². The molecule has 0 unspecified atom stereocenters. The first kappa shape index (κ1) is 21.2. The summed E-state index contributed by atoms with van der Waals surface area (Å²) in [5, 5.41) is 2.31. The molecule has 138 valence electrons. The third-order valence-electron chi connectivity index (χ3n) is 3.35. The summed E-state index contributed by atoms with van der Waals surface area (Å²) in [6.07, 6.45) is -2.66. The van der Waals surface area contributed by atoms with Crippen LogP contribution in [0.2, 0.25) is 0 Å². The van der Waals surface area contributed by atoms with E-state index in [9.17, 15) is 22.4 Å². The fraction of sp³-hybridized carbons (Fsp3) is 0.353. The Morgan fingerprint density at radius 3 is 2.24 bits per heavy atom. The van der Waals surface area contributed by atoms with Crippen LogP contribution >= 0.6 is 12.6 Å². The molecule has 0 radical (unpaired) electrons. The monoisotopic (exact) mass is 376 g/mol. The van der Waals surface area contributed by atoms with Crippen molar-refractivity contribution in [2.24, 2.45) is 7.05 Å². The Hall–Kier alpha value is -1.80. The quantitative estimate of drug-likeness (QED) is 0.627. The SMILES string of the molecule is CCN[C@H](c1ccc(F)cc1)C(F)(F)F.Cc1cc(=O)n(C)cc1S. The maximum absolute atomic E-state index is 12.5. The van der Waals surface area contributed by atoms with Crippen molar-refractivity contribution in [1.29, 1.82) is 0 Å². The zero-order chi connectivity index (χ0) is 19.2. The Bertz CT molecular complexity index is 742. The predicted molar refractivity (Wildman–Crippen MR) is 92.5 cm³/mol. The molecule has 0 bridgehead atoms. The fourth-order valence-electron chi connectivity index (χ4n) is 1.99. The second-order valence-electron chi connectivity index (χ2n) is 5.37. The smallest absolute Gasteiger partial charge is 0.317 e. The largest absolute Gasteiger partial charge is 0.407 e. The molecule has 0 saturated heterocycles. The minimum absolute atomic E-state index is 0.00954. The molecule has 0 aliphatic heterocycles. The molecule has 2 rings (SSSR count). The first-order valence-electron chi connectivity index (χ1n) is 7.48. The molecule has 8 heteroatoms. The van der Waals surface area contributed by atoms with Crippen LogP contribution in [0.15, 0.2) is 46.2 Å². The van der Waals surface area contributed by atoms with Gasteiger partial charge in [-0.05, 0) is 36.7 Å². The van der Waals surface area contributed by atoms with Gasteiger partial charge in [0, 0.05) is 24.2 Å². The zero-order valence-electron chi connectivity index (χ0n) is 14.1. The first-order valence-corrected chi connectivity index (χ1v) is 7.92. The highest BCUT2D eigenvalue weighted by molar-refractivity contribution is 7.80. The van der Waals surface area contributed by atoms with E-state index < -0.39 is 18.0 Å². The maximum Gasteiger partial charge on any atom is 0.407 e. The van der Waals surface area contributed by atoms with Crippen molar-refractivity contribution in [3.63, 3.8) is 0 Å². The highest BCUT2D eigenvalue weighted by Gasteiger charge is 2.39. The molecular formula is C17H20F4N2OS. The van der Waals surface area contributed by atoms with E-state index in [-0.39, 0.29) is 17.7 Å². The highest BCUT2D eigenvalue weighted by atomic mass is 32.1. The van der Waals surface area contributed by atoms with Crippen LogP contribution in [-0.2, 0) is 7.05 Å². The highest BCUT2D eigenvalue weighted by Crippen LogP contribution is 2.32. The number of benzene rings is 1. The number of halogens is 4. The third kappa shape index (κ3) is 6.55. The number of aryl methyl sites for hydroxylation is 2. The fourth-order valence-corrected chi connectivity index (χ4v) is 2.23. The van der Waals surface area contributed by atoms with Crippen molar-refractivity contribution in [2.75, 3.05) is 6.54 Å². The van der Waals surface area contributed by atoms with Gasteiger partial charge in [0.1, 0.15) is 11.9 Å². The van der Waals surface area contributed by atoms with E-state index in [1.165, 1.54) is 4.57 Å². The Balaban J connectivity index is 0.000000271. The minimum Gasteiger partial charge on any atom is -0.317 e. The van der Waals surface area contributed by atoms with Crippen LogP contribution in [0.1, 0.15) is 24.1 Å². The lowest BCUT2D eigenvalue weighted by Crippen LogP contribution is -2.33. The summed E-state index contributed by atoms with van der Waals surface area (Å²) in [6.45, 7) is 3.65. The lowest BCUT2D eigenvalue weighted by Gasteiger charge is -2.21. The van der Waals surface area contributed by atoms with Gasteiger partial charge in [-0.15, -0.1) is 12.6 Å². The average molecular weight is 376 g/mol. The van der Waals surface area contributed by atoms with Crippen LogP contribution in [0.25, 0.3) is 0 Å². The molecule has 3 nitrogen and oxygen atoms in total. The van der Waals surface area contributed by atoms with E-state index in [0.717, 1.165) is 34.7 Å². The number of rotatable bonds is 3. The molecule has 1 heterocycles. The molecule has 0 spiro atoms. The number of aromatic nitrogens is 1. The summed E-state index contributed by atoms with van der Waals surface area (Å²) in [6, 6.07) is 4.15. The van der Waals surface area contributed by atoms with E-state index in [4.69, 9.17) is 0 Å². The van der Waals surface area contributed by atoms with Crippen molar-refractivity contribution in [1.82, 2.24) is 9.88 Å². The summed E-state index contributed by atoms with van der Waals surface area (Å²) in [7, 11) is 1.71. The van der Waals surface area contributed by atoms with Crippen LogP contribution in [0.3, 0.4) is 0 Å². The van der Waals surface area contributed by atoms with Gasteiger partial charge in [0.05, 0.1) is 0 Å². The number of hydrogen-bond acceptors (Lipinski definition) is 3. The molecule has 1 N–H and O–H groups in total. The Kier molecular flexibility index (Phi) is 7.69. The molecule has 0 saturated carbocycles. The zero-order valence-corrected chi connectivity index (χ0v) is 15.0. The average Bonchev–Trinajstić information content (AvgIpc) is 2.51. The van der Waals surface area contributed by atoms with Crippen molar-refractivity contribution in [3.05, 3.63) is 63.8 Å². The summed E-state index contributed by atoms with van der Waals surface area (Å²) >= 11 is 4.16. The van der Waals surface area contributed by atoms with Gasteiger partial charge in [-0.25, -0.2) is 4.39 Å². The summed E-state index contributed by atoms with van der Waals surface area (Å²) < 4.78 is 51.7. The van der Waals surface area contributed by atoms with Crippen LogP contribution in [0, 0.1) is 12.7 Å². The van der Waals surface area contributed by atoms with Gasteiger partial charge in [-0.2, -0.15) is 13.2 Å². The van der Waals surface area contributed by atoms with Gasteiger partial charge < -0.3 is 9.88 Å². The van der Waals surface area contributed by atoms with Gasteiger partial charge in [0.25, 0.3) is 5.56 Å². The van der Waals surface area contributed by atoms with Crippen LogP contribution < -0.4 is 10.9 Å². The van der Waals surface area contributed by atoms with E-state index in [1.807, 2.05) is 6.92 Å². The number of pyridine rings is 1. The van der Waals surface area contributed by atoms with Gasteiger partial charge in [0.2, 0.25) is 0 Å². The second kappa shape index (κ2) is 9.05. The Morgan fingerprint density at radius 2 is 1.80 bits per heavy atom. The normalized spacial score (nSPS) is 12.3. The van der Waals surface area contributed by atoms with Crippen molar-refractivity contribution in [2.45, 2.75) is 31.0 Å². The number of thiol groups is 1. The molecule has 0 fully saturated rings. The molecule has 1 aromatic heterocycles. The van der Waals surface area contributed by atoms with E-state index in [0.29, 0.717) is 0 Å². The van der Waals surface area contributed by atoms with Crippen LogP contribution in [0.5, 0.6) is 0 Å². The summed E-state index contributed by atoms with van der Waals surface area (Å²) in [4.78, 5) is 11.8. The maximum atomic E-state index is 12.5. The number of hydrogen-bond donors (Lipinski definition) is 2. The van der Waals surface area contributed by atoms with Gasteiger partial charge in [-0.1, -0.05) is 19.1 Å². The molecule has 25 heavy (non-hydrogen) atoms. The first-order chi connectivity index (χ1) is 11.6. The molecule has 2 aromatic rings.